The zero-order chi connectivity index (χ0) is 14.5. The molecular formula is C18H36N2. The van der Waals surface area contributed by atoms with Gasteiger partial charge in [0.1, 0.15) is 0 Å². The summed E-state index contributed by atoms with van der Waals surface area (Å²) in [5, 5.41) is 3.84. The van der Waals surface area contributed by atoms with E-state index in [1.54, 1.807) is 0 Å². The number of hydrogen-bond donors (Lipinski definition) is 1. The molecule has 1 aliphatic heterocycles. The molecule has 0 amide bonds. The van der Waals surface area contributed by atoms with Crippen LogP contribution in [0.2, 0.25) is 0 Å². The third-order valence-electron chi connectivity index (χ3n) is 5.71. The van der Waals surface area contributed by atoms with Crippen LogP contribution in [0.5, 0.6) is 0 Å². The first-order chi connectivity index (χ1) is 9.60. The van der Waals surface area contributed by atoms with Gasteiger partial charge < -0.3 is 5.32 Å². The fourth-order valence-electron chi connectivity index (χ4n) is 3.81. The molecule has 0 bridgehead atoms. The third-order valence-corrected chi connectivity index (χ3v) is 5.71. The molecule has 2 aliphatic rings. The highest BCUT2D eigenvalue weighted by Gasteiger charge is 2.33. The SMILES string of the molecule is CCC1CC(NCCC(C)C)CN(C(C)C2CCC2)C1. The summed E-state index contributed by atoms with van der Waals surface area (Å²) in [6.07, 6.45) is 8.46. The van der Waals surface area contributed by atoms with Crippen LogP contribution in [0.15, 0.2) is 0 Å². The van der Waals surface area contributed by atoms with Crippen molar-refractivity contribution in [3.8, 4) is 0 Å². The van der Waals surface area contributed by atoms with E-state index in [4.69, 9.17) is 0 Å². The van der Waals surface area contributed by atoms with Crippen LogP contribution in [0, 0.1) is 17.8 Å². The molecule has 20 heavy (non-hydrogen) atoms. The molecule has 0 spiro atoms. The minimum atomic E-state index is 0.731. The van der Waals surface area contributed by atoms with Gasteiger partial charge in [-0.15, -0.1) is 0 Å². The van der Waals surface area contributed by atoms with Crippen molar-refractivity contribution in [2.45, 2.75) is 78.3 Å². The van der Waals surface area contributed by atoms with Crippen molar-refractivity contribution in [3.05, 3.63) is 0 Å². The van der Waals surface area contributed by atoms with Gasteiger partial charge in [-0.1, -0.05) is 33.6 Å². The van der Waals surface area contributed by atoms with Gasteiger partial charge in [0, 0.05) is 25.2 Å². The number of nitrogens with zero attached hydrogens (tertiary/aromatic N) is 1. The smallest absolute Gasteiger partial charge is 0.0198 e. The maximum absolute atomic E-state index is 3.84. The van der Waals surface area contributed by atoms with Crippen molar-refractivity contribution in [2.75, 3.05) is 19.6 Å². The second kappa shape index (κ2) is 7.79. The van der Waals surface area contributed by atoms with E-state index in [1.165, 1.54) is 58.2 Å². The second-order valence-corrected chi connectivity index (χ2v) is 7.73. The van der Waals surface area contributed by atoms with Crippen LogP contribution in [-0.4, -0.2) is 36.6 Å². The van der Waals surface area contributed by atoms with E-state index in [9.17, 15) is 0 Å². The van der Waals surface area contributed by atoms with Crippen molar-refractivity contribution in [1.29, 1.82) is 0 Å². The van der Waals surface area contributed by atoms with E-state index in [1.807, 2.05) is 0 Å². The summed E-state index contributed by atoms with van der Waals surface area (Å²) < 4.78 is 0. The fourth-order valence-corrected chi connectivity index (χ4v) is 3.81. The number of nitrogens with one attached hydrogen (secondary N) is 1. The molecule has 1 aliphatic carbocycles. The Morgan fingerprint density at radius 2 is 1.90 bits per heavy atom. The van der Waals surface area contributed by atoms with E-state index in [-0.39, 0.29) is 0 Å². The Balaban J connectivity index is 1.82. The molecule has 1 saturated carbocycles. The van der Waals surface area contributed by atoms with E-state index in [2.05, 4.69) is 37.9 Å². The van der Waals surface area contributed by atoms with Gasteiger partial charge in [0.15, 0.2) is 0 Å². The molecule has 0 aromatic carbocycles. The normalized spacial score (nSPS) is 30.4. The molecule has 2 fully saturated rings. The number of piperidine rings is 1. The van der Waals surface area contributed by atoms with Gasteiger partial charge in [0.25, 0.3) is 0 Å². The first-order valence-corrected chi connectivity index (χ1v) is 9.07. The van der Waals surface area contributed by atoms with E-state index < -0.39 is 0 Å². The lowest BCUT2D eigenvalue weighted by Gasteiger charge is -2.45. The predicted molar refractivity (Wildman–Crippen MR) is 88.0 cm³/mol. The maximum atomic E-state index is 3.84. The monoisotopic (exact) mass is 280 g/mol. The molecule has 2 rings (SSSR count). The van der Waals surface area contributed by atoms with Crippen molar-refractivity contribution >= 4 is 0 Å². The van der Waals surface area contributed by atoms with Gasteiger partial charge in [0.05, 0.1) is 0 Å². The van der Waals surface area contributed by atoms with Crippen molar-refractivity contribution in [2.24, 2.45) is 17.8 Å². The molecule has 1 N–H and O–H groups in total. The molecule has 3 atom stereocenters. The Kier molecular flexibility index (Phi) is 6.35. The van der Waals surface area contributed by atoms with Gasteiger partial charge in [-0.25, -0.2) is 0 Å². The topological polar surface area (TPSA) is 15.3 Å². The average Bonchev–Trinajstić information content (AvgIpc) is 2.35. The fraction of sp³-hybridized carbons (Fsp3) is 1.00. The summed E-state index contributed by atoms with van der Waals surface area (Å²) in [6, 6.07) is 1.54. The standard InChI is InChI=1S/C18H36N2/c1-5-16-11-18(19-10-9-14(2)3)13-20(12-16)15(4)17-7-6-8-17/h14-19H,5-13H2,1-4H3. The van der Waals surface area contributed by atoms with Gasteiger partial charge in [0.2, 0.25) is 0 Å². The highest BCUT2D eigenvalue weighted by molar-refractivity contribution is 4.89. The summed E-state index contributed by atoms with van der Waals surface area (Å²) in [6.45, 7) is 13.3. The van der Waals surface area contributed by atoms with Crippen LogP contribution in [-0.2, 0) is 0 Å². The highest BCUT2D eigenvalue weighted by atomic mass is 15.2. The highest BCUT2D eigenvalue weighted by Crippen LogP contribution is 2.34. The zero-order valence-corrected chi connectivity index (χ0v) is 14.2. The van der Waals surface area contributed by atoms with Crippen molar-refractivity contribution in [3.63, 3.8) is 0 Å². The minimum absolute atomic E-state index is 0.731. The summed E-state index contributed by atoms with van der Waals surface area (Å²) in [4.78, 5) is 2.80. The Morgan fingerprint density at radius 1 is 1.15 bits per heavy atom. The Bertz CT molecular complexity index is 273. The van der Waals surface area contributed by atoms with Gasteiger partial charge in [-0.05, 0) is 56.9 Å². The van der Waals surface area contributed by atoms with Gasteiger partial charge >= 0.3 is 0 Å². The van der Waals surface area contributed by atoms with Crippen LogP contribution in [0.4, 0.5) is 0 Å². The first kappa shape index (κ1) is 16.3. The molecule has 2 heteroatoms. The number of hydrogen-bond acceptors (Lipinski definition) is 2. The molecule has 1 heterocycles. The molecule has 0 aromatic rings. The Morgan fingerprint density at radius 3 is 2.45 bits per heavy atom. The van der Waals surface area contributed by atoms with Crippen LogP contribution < -0.4 is 5.32 Å². The van der Waals surface area contributed by atoms with Crippen molar-refractivity contribution < 1.29 is 0 Å². The molecular weight excluding hydrogens is 244 g/mol. The third kappa shape index (κ3) is 4.46. The zero-order valence-electron chi connectivity index (χ0n) is 14.2. The molecule has 3 unspecified atom stereocenters. The minimum Gasteiger partial charge on any atom is -0.313 e. The largest absolute Gasteiger partial charge is 0.313 e. The molecule has 0 aromatic heterocycles. The summed E-state index contributed by atoms with van der Waals surface area (Å²) in [5.41, 5.74) is 0. The summed E-state index contributed by atoms with van der Waals surface area (Å²) in [5.74, 6) is 2.71. The predicted octanol–water partition coefficient (Wildman–Crippen LogP) is 3.91. The number of rotatable bonds is 7. The van der Waals surface area contributed by atoms with Crippen molar-refractivity contribution in [1.82, 2.24) is 10.2 Å². The second-order valence-electron chi connectivity index (χ2n) is 7.73. The van der Waals surface area contributed by atoms with E-state index in [0.717, 1.165) is 29.8 Å². The first-order valence-electron chi connectivity index (χ1n) is 9.07. The molecule has 0 radical (unpaired) electrons. The lowest BCUT2D eigenvalue weighted by Crippen LogP contribution is -2.54. The molecule has 1 saturated heterocycles. The lowest BCUT2D eigenvalue weighted by atomic mass is 9.78. The quantitative estimate of drug-likeness (QED) is 0.760. The molecule has 2 nitrogen and oxygen atoms in total. The van der Waals surface area contributed by atoms with Crippen LogP contribution in [0.3, 0.4) is 0 Å². The van der Waals surface area contributed by atoms with Gasteiger partial charge in [-0.3, -0.25) is 4.90 Å². The van der Waals surface area contributed by atoms with E-state index in [0.29, 0.717) is 0 Å². The van der Waals surface area contributed by atoms with Crippen LogP contribution >= 0.6 is 0 Å². The molecule has 118 valence electrons. The summed E-state index contributed by atoms with van der Waals surface area (Å²) in [7, 11) is 0. The van der Waals surface area contributed by atoms with Crippen LogP contribution in [0.1, 0.15) is 66.2 Å². The number of likely N-dealkylation sites (tertiary alicyclic amines) is 1. The van der Waals surface area contributed by atoms with E-state index >= 15 is 0 Å². The summed E-state index contributed by atoms with van der Waals surface area (Å²) >= 11 is 0. The lowest BCUT2D eigenvalue weighted by molar-refractivity contribution is 0.0505. The average molecular weight is 281 g/mol. The van der Waals surface area contributed by atoms with Gasteiger partial charge in [-0.2, -0.15) is 0 Å². The maximum Gasteiger partial charge on any atom is 0.0198 e. The Hall–Kier alpha value is -0.0800. The van der Waals surface area contributed by atoms with Crippen LogP contribution in [0.25, 0.3) is 0 Å². The Labute approximate surface area is 126 Å².